The van der Waals surface area contributed by atoms with Gasteiger partial charge in [-0.05, 0) is 73.2 Å². The van der Waals surface area contributed by atoms with Crippen LogP contribution in [0.3, 0.4) is 0 Å². The van der Waals surface area contributed by atoms with Crippen LogP contribution in [-0.2, 0) is 17.6 Å². The number of rotatable bonds is 16. The first kappa shape index (κ1) is 25.1. The van der Waals surface area contributed by atoms with Crippen LogP contribution in [0.4, 0.5) is 0 Å². The van der Waals surface area contributed by atoms with Crippen molar-refractivity contribution in [3.63, 3.8) is 0 Å². The summed E-state index contributed by atoms with van der Waals surface area (Å²) < 4.78 is 10.9. The summed E-state index contributed by atoms with van der Waals surface area (Å²) in [5.74, 6) is 1.03. The van der Waals surface area contributed by atoms with Crippen molar-refractivity contribution in [3.8, 4) is 11.5 Å². The number of ether oxygens (including phenoxy) is 2. The molecule has 0 fully saturated rings. The van der Waals surface area contributed by atoms with E-state index in [4.69, 9.17) is 14.6 Å². The van der Waals surface area contributed by atoms with Gasteiger partial charge in [0.1, 0.15) is 11.5 Å². The molecular formula is C25H37NO5. The molecule has 0 aliphatic rings. The first-order chi connectivity index (χ1) is 15.1. The van der Waals surface area contributed by atoms with Gasteiger partial charge in [0.25, 0.3) is 0 Å². The normalized spacial score (nSPS) is 12.1. The molecule has 0 aliphatic heterocycles. The number of methoxy groups -OCH3 is 1. The lowest BCUT2D eigenvalue weighted by Crippen LogP contribution is -2.22. The number of aromatic hydroxyl groups is 1. The van der Waals surface area contributed by atoms with Crippen molar-refractivity contribution >= 4 is 0 Å². The number of unbranched alkanes of at least 4 members (excludes halogenated alkanes) is 3. The third kappa shape index (κ3) is 9.70. The molecule has 0 heterocycles. The fraction of sp³-hybridized carbons (Fsp3) is 0.520. The summed E-state index contributed by atoms with van der Waals surface area (Å²) in [6.07, 6.45) is 5.05. The minimum absolute atomic E-state index is 0.0287. The number of aliphatic hydroxyl groups is 2. The highest BCUT2D eigenvalue weighted by Crippen LogP contribution is 2.22. The van der Waals surface area contributed by atoms with Crippen molar-refractivity contribution in [2.75, 3.05) is 40.0 Å². The molecule has 0 aliphatic carbocycles. The van der Waals surface area contributed by atoms with Crippen LogP contribution in [0.5, 0.6) is 11.5 Å². The van der Waals surface area contributed by atoms with E-state index >= 15 is 0 Å². The Hall–Kier alpha value is -2.12. The minimum Gasteiger partial charge on any atom is -0.508 e. The fourth-order valence-electron chi connectivity index (χ4n) is 3.38. The van der Waals surface area contributed by atoms with Crippen LogP contribution < -0.4 is 10.1 Å². The zero-order chi connectivity index (χ0) is 22.3. The molecule has 31 heavy (non-hydrogen) atoms. The summed E-state index contributed by atoms with van der Waals surface area (Å²) >= 11 is 0. The lowest BCUT2D eigenvalue weighted by atomic mass is 10.0. The molecule has 1 atom stereocenters. The molecule has 2 aromatic rings. The summed E-state index contributed by atoms with van der Waals surface area (Å²) in [6, 6.07) is 13.1. The highest BCUT2D eigenvalue weighted by molar-refractivity contribution is 5.37. The van der Waals surface area contributed by atoms with Gasteiger partial charge in [-0.2, -0.15) is 0 Å². The zero-order valence-corrected chi connectivity index (χ0v) is 18.6. The number of hydrogen-bond acceptors (Lipinski definition) is 6. The largest absolute Gasteiger partial charge is 0.508 e. The Kier molecular flexibility index (Phi) is 12.0. The van der Waals surface area contributed by atoms with E-state index < -0.39 is 6.10 Å². The first-order valence-electron chi connectivity index (χ1n) is 11.2. The SMILES string of the molecule is COc1ccc(CCOCCCCCCNCC(O)c2ccc(O)c(CCO)c2)cc1. The van der Waals surface area contributed by atoms with Gasteiger partial charge >= 0.3 is 0 Å². The lowest BCUT2D eigenvalue weighted by Gasteiger charge is -2.14. The van der Waals surface area contributed by atoms with Crippen LogP contribution in [0.2, 0.25) is 0 Å². The Labute approximate surface area is 185 Å². The van der Waals surface area contributed by atoms with E-state index in [0.717, 1.165) is 63.2 Å². The molecule has 2 rings (SSSR count). The van der Waals surface area contributed by atoms with Crippen molar-refractivity contribution in [2.45, 2.75) is 44.6 Å². The Morgan fingerprint density at radius 1 is 0.935 bits per heavy atom. The summed E-state index contributed by atoms with van der Waals surface area (Å²) in [4.78, 5) is 0. The van der Waals surface area contributed by atoms with Crippen molar-refractivity contribution in [2.24, 2.45) is 0 Å². The van der Waals surface area contributed by atoms with E-state index in [2.05, 4.69) is 17.4 Å². The highest BCUT2D eigenvalue weighted by Gasteiger charge is 2.10. The molecule has 0 amide bonds. The maximum atomic E-state index is 10.3. The van der Waals surface area contributed by atoms with Gasteiger partial charge < -0.3 is 30.1 Å². The molecule has 0 radical (unpaired) electrons. The molecular weight excluding hydrogens is 394 g/mol. The number of phenolic OH excluding ortho intramolecular Hbond substituents is 1. The summed E-state index contributed by atoms with van der Waals surface area (Å²) in [6.45, 7) is 2.83. The van der Waals surface area contributed by atoms with Gasteiger partial charge in [0.2, 0.25) is 0 Å². The maximum Gasteiger partial charge on any atom is 0.118 e. The smallest absolute Gasteiger partial charge is 0.118 e. The van der Waals surface area contributed by atoms with Crippen LogP contribution in [0.25, 0.3) is 0 Å². The molecule has 6 heteroatoms. The molecule has 4 N–H and O–H groups in total. The molecule has 6 nitrogen and oxygen atoms in total. The topological polar surface area (TPSA) is 91.2 Å². The van der Waals surface area contributed by atoms with Crippen LogP contribution >= 0.6 is 0 Å². The third-order valence-corrected chi connectivity index (χ3v) is 5.29. The average molecular weight is 432 g/mol. The average Bonchev–Trinajstić information content (AvgIpc) is 2.79. The van der Waals surface area contributed by atoms with Gasteiger partial charge in [-0.15, -0.1) is 0 Å². The van der Waals surface area contributed by atoms with Gasteiger partial charge in [0.05, 0.1) is 19.8 Å². The highest BCUT2D eigenvalue weighted by atomic mass is 16.5. The second-order valence-corrected chi connectivity index (χ2v) is 7.71. The van der Waals surface area contributed by atoms with Crippen LogP contribution in [0, 0.1) is 0 Å². The number of nitrogens with one attached hydrogen (secondary N) is 1. The van der Waals surface area contributed by atoms with Crippen molar-refractivity contribution < 1.29 is 24.8 Å². The van der Waals surface area contributed by atoms with Crippen molar-refractivity contribution in [3.05, 3.63) is 59.2 Å². The molecule has 0 bridgehead atoms. The summed E-state index contributed by atoms with van der Waals surface area (Å²) in [7, 11) is 1.67. The molecule has 2 aromatic carbocycles. The summed E-state index contributed by atoms with van der Waals surface area (Å²) in [5.41, 5.74) is 2.66. The van der Waals surface area contributed by atoms with Crippen molar-refractivity contribution in [1.29, 1.82) is 0 Å². The second-order valence-electron chi connectivity index (χ2n) is 7.71. The van der Waals surface area contributed by atoms with Gasteiger partial charge in [0.15, 0.2) is 0 Å². The number of phenols is 1. The van der Waals surface area contributed by atoms with Gasteiger partial charge in [-0.25, -0.2) is 0 Å². The van der Waals surface area contributed by atoms with Crippen LogP contribution in [0.1, 0.15) is 48.5 Å². The Balaban J connectivity index is 1.46. The Morgan fingerprint density at radius 2 is 1.71 bits per heavy atom. The van der Waals surface area contributed by atoms with Crippen LogP contribution in [-0.4, -0.2) is 55.3 Å². The number of benzene rings is 2. The molecule has 1 unspecified atom stereocenters. The van der Waals surface area contributed by atoms with E-state index in [1.165, 1.54) is 5.56 Å². The van der Waals surface area contributed by atoms with E-state index in [1.807, 2.05) is 12.1 Å². The van der Waals surface area contributed by atoms with Crippen LogP contribution in [0.15, 0.2) is 42.5 Å². The number of aliphatic hydroxyl groups excluding tert-OH is 2. The quantitative estimate of drug-likeness (QED) is 0.305. The molecule has 0 saturated carbocycles. The molecule has 0 aromatic heterocycles. The standard InChI is InChI=1S/C25H37NO5/c1-30-23-9-6-20(7-10-23)13-17-31-16-5-3-2-4-14-26-19-25(29)21-8-11-24(28)22(18-21)12-15-27/h6-11,18,25-29H,2-5,12-17,19H2,1H3. The van der Waals surface area contributed by atoms with E-state index in [1.54, 1.807) is 25.3 Å². The Bertz CT molecular complexity index is 735. The predicted molar refractivity (Wildman–Crippen MR) is 123 cm³/mol. The predicted octanol–water partition coefficient (Wildman–Crippen LogP) is 3.38. The van der Waals surface area contributed by atoms with E-state index in [9.17, 15) is 10.2 Å². The van der Waals surface area contributed by atoms with E-state index in [-0.39, 0.29) is 12.4 Å². The van der Waals surface area contributed by atoms with Crippen molar-refractivity contribution in [1.82, 2.24) is 5.32 Å². The van der Waals surface area contributed by atoms with Gasteiger partial charge in [-0.3, -0.25) is 0 Å². The molecule has 0 saturated heterocycles. The van der Waals surface area contributed by atoms with E-state index in [0.29, 0.717) is 18.5 Å². The molecule has 172 valence electrons. The summed E-state index contributed by atoms with van der Waals surface area (Å²) in [5, 5.41) is 32.4. The monoisotopic (exact) mass is 431 g/mol. The molecule has 0 spiro atoms. The number of hydrogen-bond donors (Lipinski definition) is 4. The van der Waals surface area contributed by atoms with Gasteiger partial charge in [-0.1, -0.05) is 31.0 Å². The lowest BCUT2D eigenvalue weighted by molar-refractivity contribution is 0.132. The Morgan fingerprint density at radius 3 is 2.45 bits per heavy atom. The van der Waals surface area contributed by atoms with Gasteiger partial charge in [0, 0.05) is 19.8 Å². The fourth-order valence-corrected chi connectivity index (χ4v) is 3.38. The first-order valence-corrected chi connectivity index (χ1v) is 11.2. The zero-order valence-electron chi connectivity index (χ0n) is 18.6. The minimum atomic E-state index is -0.628. The maximum absolute atomic E-state index is 10.3. The third-order valence-electron chi connectivity index (χ3n) is 5.29. The second kappa shape index (κ2) is 14.8.